The number of aliphatic hydroxyl groups excluding tert-OH is 1. The van der Waals surface area contributed by atoms with E-state index in [0.717, 1.165) is 6.07 Å². The second-order valence-electron chi connectivity index (χ2n) is 3.80. The van der Waals surface area contributed by atoms with E-state index >= 15 is 0 Å². The topological polar surface area (TPSA) is 47.3 Å². The molecule has 0 aliphatic heterocycles. The van der Waals surface area contributed by atoms with Crippen LogP contribution in [0, 0.1) is 18.6 Å². The number of ether oxygens (including phenoxy) is 1. The minimum absolute atomic E-state index is 0.194. The second kappa shape index (κ2) is 4.73. The molecular weight excluding hydrogens is 242 g/mol. The van der Waals surface area contributed by atoms with Gasteiger partial charge in [-0.25, -0.2) is 9.07 Å². The average molecular weight is 254 g/mol. The Hall–Kier alpha value is -1.95. The zero-order chi connectivity index (χ0) is 13.3. The minimum Gasteiger partial charge on any atom is -0.436 e. The quantitative estimate of drug-likeness (QED) is 0.914. The lowest BCUT2D eigenvalue weighted by molar-refractivity contribution is 0.273. The van der Waals surface area contributed by atoms with Crippen molar-refractivity contribution in [3.05, 3.63) is 41.1 Å². The summed E-state index contributed by atoms with van der Waals surface area (Å²) in [5.41, 5.74) is 1.02. The Balaban J connectivity index is 2.43. The van der Waals surface area contributed by atoms with Crippen molar-refractivity contribution in [2.45, 2.75) is 13.5 Å². The lowest BCUT2D eigenvalue weighted by Gasteiger charge is -2.08. The Morgan fingerprint density at radius 1 is 1.39 bits per heavy atom. The smallest absolute Gasteiger partial charge is 0.223 e. The normalized spacial score (nSPS) is 10.7. The lowest BCUT2D eigenvalue weighted by atomic mass is 10.2. The van der Waals surface area contributed by atoms with Gasteiger partial charge in [0.15, 0.2) is 11.6 Å². The molecule has 1 aromatic heterocycles. The first-order chi connectivity index (χ1) is 8.54. The number of aryl methyl sites for hydroxylation is 2. The van der Waals surface area contributed by atoms with Gasteiger partial charge in [0.1, 0.15) is 0 Å². The average Bonchev–Trinajstić information content (AvgIpc) is 2.59. The molecule has 6 heteroatoms. The van der Waals surface area contributed by atoms with Crippen molar-refractivity contribution < 1.29 is 18.6 Å². The van der Waals surface area contributed by atoms with Gasteiger partial charge in [0.05, 0.1) is 17.9 Å². The maximum absolute atomic E-state index is 13.5. The van der Waals surface area contributed by atoms with Crippen LogP contribution >= 0.6 is 0 Å². The molecule has 1 aromatic carbocycles. The maximum Gasteiger partial charge on any atom is 0.223 e. The fourth-order valence-electron chi connectivity index (χ4n) is 1.66. The molecule has 0 spiro atoms. The first kappa shape index (κ1) is 12.5. The number of rotatable bonds is 3. The SMILES string of the molecule is Cc1nn(C)c(Oc2cccc(F)c2F)c1CO. The molecule has 18 heavy (non-hydrogen) atoms. The number of benzene rings is 1. The van der Waals surface area contributed by atoms with Gasteiger partial charge in [-0.1, -0.05) is 6.07 Å². The van der Waals surface area contributed by atoms with Crippen molar-refractivity contribution in [2.75, 3.05) is 0 Å². The van der Waals surface area contributed by atoms with Crippen LogP contribution in [-0.2, 0) is 13.7 Å². The van der Waals surface area contributed by atoms with Crippen LogP contribution in [0.1, 0.15) is 11.3 Å². The van der Waals surface area contributed by atoms with Crippen molar-refractivity contribution in [3.8, 4) is 11.6 Å². The highest BCUT2D eigenvalue weighted by Crippen LogP contribution is 2.29. The van der Waals surface area contributed by atoms with E-state index in [0.29, 0.717) is 11.3 Å². The molecule has 0 atom stereocenters. The van der Waals surface area contributed by atoms with Crippen LogP contribution in [0.2, 0.25) is 0 Å². The Labute approximate surface area is 102 Å². The fraction of sp³-hybridized carbons (Fsp3) is 0.250. The molecule has 0 radical (unpaired) electrons. The molecule has 0 bridgehead atoms. The summed E-state index contributed by atoms with van der Waals surface area (Å²) >= 11 is 0. The number of aromatic nitrogens is 2. The Morgan fingerprint density at radius 2 is 2.11 bits per heavy atom. The molecule has 1 heterocycles. The molecule has 0 unspecified atom stereocenters. The Bertz CT molecular complexity index is 582. The van der Waals surface area contributed by atoms with Crippen molar-refractivity contribution in [2.24, 2.45) is 7.05 Å². The van der Waals surface area contributed by atoms with E-state index in [4.69, 9.17) is 4.74 Å². The van der Waals surface area contributed by atoms with E-state index in [1.165, 1.54) is 16.8 Å². The summed E-state index contributed by atoms with van der Waals surface area (Å²) in [4.78, 5) is 0. The first-order valence-electron chi connectivity index (χ1n) is 5.29. The molecule has 2 aromatic rings. The van der Waals surface area contributed by atoms with Crippen LogP contribution in [-0.4, -0.2) is 14.9 Å². The predicted octanol–water partition coefficient (Wildman–Crippen LogP) is 2.29. The number of hydrogen-bond acceptors (Lipinski definition) is 3. The highest BCUT2D eigenvalue weighted by Gasteiger charge is 2.17. The fourth-order valence-corrected chi connectivity index (χ4v) is 1.66. The number of hydrogen-bond donors (Lipinski definition) is 1. The maximum atomic E-state index is 13.5. The van der Waals surface area contributed by atoms with Gasteiger partial charge >= 0.3 is 0 Å². The predicted molar refractivity (Wildman–Crippen MR) is 60.3 cm³/mol. The largest absolute Gasteiger partial charge is 0.436 e. The molecule has 0 amide bonds. The zero-order valence-corrected chi connectivity index (χ0v) is 9.94. The third-order valence-corrected chi connectivity index (χ3v) is 2.57. The molecule has 1 N–H and O–H groups in total. The number of nitrogens with zero attached hydrogens (tertiary/aromatic N) is 2. The molecule has 0 fully saturated rings. The third kappa shape index (κ3) is 2.06. The summed E-state index contributed by atoms with van der Waals surface area (Å²) < 4.78 is 33.2. The van der Waals surface area contributed by atoms with Crippen LogP contribution in [0.15, 0.2) is 18.2 Å². The van der Waals surface area contributed by atoms with Gasteiger partial charge in [0.2, 0.25) is 11.7 Å². The lowest BCUT2D eigenvalue weighted by Crippen LogP contribution is -1.99. The van der Waals surface area contributed by atoms with Crippen molar-refractivity contribution in [3.63, 3.8) is 0 Å². The number of aliphatic hydroxyl groups is 1. The van der Waals surface area contributed by atoms with Crippen LogP contribution in [0.25, 0.3) is 0 Å². The second-order valence-corrected chi connectivity index (χ2v) is 3.80. The van der Waals surface area contributed by atoms with Gasteiger partial charge in [-0.15, -0.1) is 0 Å². The number of halogens is 2. The van der Waals surface area contributed by atoms with Crippen LogP contribution < -0.4 is 4.74 Å². The van der Waals surface area contributed by atoms with E-state index in [2.05, 4.69) is 5.10 Å². The van der Waals surface area contributed by atoms with E-state index in [1.807, 2.05) is 0 Å². The molecule has 0 saturated heterocycles. The summed E-state index contributed by atoms with van der Waals surface area (Å²) in [5, 5.41) is 13.3. The molecule has 0 saturated carbocycles. The highest BCUT2D eigenvalue weighted by molar-refractivity contribution is 5.36. The van der Waals surface area contributed by atoms with Gasteiger partial charge in [0, 0.05) is 7.05 Å². The summed E-state index contributed by atoms with van der Waals surface area (Å²) in [6.07, 6.45) is 0. The molecule has 2 rings (SSSR count). The van der Waals surface area contributed by atoms with Gasteiger partial charge in [-0.3, -0.25) is 0 Å². The minimum atomic E-state index is -1.07. The summed E-state index contributed by atoms with van der Waals surface area (Å²) in [7, 11) is 1.60. The van der Waals surface area contributed by atoms with Crippen LogP contribution in [0.4, 0.5) is 8.78 Å². The molecule has 96 valence electrons. The van der Waals surface area contributed by atoms with E-state index in [1.54, 1.807) is 14.0 Å². The van der Waals surface area contributed by atoms with E-state index in [-0.39, 0.29) is 18.2 Å². The summed E-state index contributed by atoms with van der Waals surface area (Å²) in [5.74, 6) is -2.11. The van der Waals surface area contributed by atoms with Crippen LogP contribution in [0.3, 0.4) is 0 Å². The van der Waals surface area contributed by atoms with E-state index < -0.39 is 11.6 Å². The van der Waals surface area contributed by atoms with Gasteiger partial charge in [0.25, 0.3) is 0 Å². The standard InChI is InChI=1S/C12H12F2N2O2/c1-7-8(6-17)12(16(2)15-7)18-10-5-3-4-9(13)11(10)14/h3-5,17H,6H2,1-2H3. The van der Waals surface area contributed by atoms with Gasteiger partial charge in [-0.2, -0.15) is 9.49 Å². The van der Waals surface area contributed by atoms with Crippen molar-refractivity contribution >= 4 is 0 Å². The van der Waals surface area contributed by atoms with Crippen LogP contribution in [0.5, 0.6) is 11.6 Å². The van der Waals surface area contributed by atoms with Gasteiger partial charge < -0.3 is 9.84 Å². The Kier molecular flexibility index (Phi) is 3.29. The molecule has 0 aliphatic rings. The zero-order valence-electron chi connectivity index (χ0n) is 9.94. The summed E-state index contributed by atoms with van der Waals surface area (Å²) in [6, 6.07) is 3.65. The first-order valence-corrected chi connectivity index (χ1v) is 5.29. The highest BCUT2D eigenvalue weighted by atomic mass is 19.2. The van der Waals surface area contributed by atoms with Crippen molar-refractivity contribution in [1.29, 1.82) is 0 Å². The molecular formula is C12H12F2N2O2. The third-order valence-electron chi connectivity index (χ3n) is 2.57. The molecule has 0 aliphatic carbocycles. The summed E-state index contributed by atoms with van der Waals surface area (Å²) in [6.45, 7) is 1.41. The van der Waals surface area contributed by atoms with Gasteiger partial charge in [-0.05, 0) is 19.1 Å². The van der Waals surface area contributed by atoms with E-state index in [9.17, 15) is 13.9 Å². The van der Waals surface area contributed by atoms with Crippen molar-refractivity contribution in [1.82, 2.24) is 9.78 Å². The Morgan fingerprint density at radius 3 is 2.78 bits per heavy atom. The monoisotopic (exact) mass is 254 g/mol. The molecule has 4 nitrogen and oxygen atoms in total.